The summed E-state index contributed by atoms with van der Waals surface area (Å²) in [5.74, 6) is -0.360. The van der Waals surface area contributed by atoms with E-state index in [1.807, 2.05) is 0 Å². The number of rotatable bonds is 3. The quantitative estimate of drug-likeness (QED) is 0.431. The summed E-state index contributed by atoms with van der Waals surface area (Å²) in [6.07, 6.45) is 0.360. The third kappa shape index (κ3) is 2.36. The van der Waals surface area contributed by atoms with Crippen LogP contribution in [-0.2, 0) is 9.59 Å². The third-order valence-electron chi connectivity index (χ3n) is 1.13. The molecule has 0 aromatic heterocycles. The first-order valence-electron chi connectivity index (χ1n) is 2.78. The van der Waals surface area contributed by atoms with E-state index < -0.39 is 0 Å². The fourth-order valence-electron chi connectivity index (χ4n) is 0.374. The van der Waals surface area contributed by atoms with E-state index in [1.54, 1.807) is 14.0 Å². The summed E-state index contributed by atoms with van der Waals surface area (Å²) >= 11 is 3.59. The van der Waals surface area contributed by atoms with Crippen LogP contribution in [0.1, 0.15) is 6.92 Å². The average Bonchev–Trinajstić information content (AvgIpc) is 2.00. The van der Waals surface area contributed by atoms with Crippen LogP contribution in [0.5, 0.6) is 0 Å². The van der Waals surface area contributed by atoms with Gasteiger partial charge in [-0.05, 0) is 14.0 Å². The zero-order valence-electron chi connectivity index (χ0n) is 5.87. The predicted octanol–water partition coefficient (Wildman–Crippen LogP) is -0.576. The SMILES string of the molecule is CNC(C)C(=O)N(S)C=O. The first-order chi connectivity index (χ1) is 4.63. The monoisotopic (exact) mass is 162 g/mol. The lowest BCUT2D eigenvalue weighted by molar-refractivity contribution is -0.133. The second-order valence-corrected chi connectivity index (χ2v) is 2.23. The van der Waals surface area contributed by atoms with Gasteiger partial charge in [-0.3, -0.25) is 9.59 Å². The predicted molar refractivity (Wildman–Crippen MR) is 40.4 cm³/mol. The summed E-state index contributed by atoms with van der Waals surface area (Å²) in [6.45, 7) is 1.65. The molecule has 0 radical (unpaired) electrons. The van der Waals surface area contributed by atoms with Crippen molar-refractivity contribution in [1.29, 1.82) is 0 Å². The molecule has 0 aliphatic rings. The van der Waals surface area contributed by atoms with Crippen LogP contribution in [-0.4, -0.2) is 29.7 Å². The highest BCUT2D eigenvalue weighted by Crippen LogP contribution is 1.93. The van der Waals surface area contributed by atoms with Crippen LogP contribution in [0.25, 0.3) is 0 Å². The van der Waals surface area contributed by atoms with E-state index >= 15 is 0 Å². The molecule has 0 spiro atoms. The van der Waals surface area contributed by atoms with Gasteiger partial charge in [-0.1, -0.05) is 12.8 Å². The average molecular weight is 162 g/mol. The molecule has 5 heteroatoms. The Morgan fingerprint density at radius 3 is 2.60 bits per heavy atom. The molecule has 1 unspecified atom stereocenters. The molecule has 0 saturated carbocycles. The Bertz CT molecular complexity index is 140. The maximum absolute atomic E-state index is 10.9. The van der Waals surface area contributed by atoms with Crippen molar-refractivity contribution in [2.24, 2.45) is 0 Å². The minimum Gasteiger partial charge on any atom is -0.309 e. The van der Waals surface area contributed by atoms with Gasteiger partial charge in [0.15, 0.2) is 0 Å². The molecule has 0 rings (SSSR count). The number of imide groups is 1. The molecule has 0 aliphatic carbocycles. The van der Waals surface area contributed by atoms with E-state index in [0.29, 0.717) is 10.7 Å². The molecule has 1 atom stereocenters. The molecule has 1 N–H and O–H groups in total. The van der Waals surface area contributed by atoms with Crippen molar-refractivity contribution in [2.75, 3.05) is 7.05 Å². The molecule has 0 heterocycles. The van der Waals surface area contributed by atoms with Crippen molar-refractivity contribution in [1.82, 2.24) is 9.62 Å². The van der Waals surface area contributed by atoms with Crippen LogP contribution >= 0.6 is 12.8 Å². The smallest absolute Gasteiger partial charge is 0.255 e. The van der Waals surface area contributed by atoms with Crippen LogP contribution in [0, 0.1) is 0 Å². The third-order valence-corrected chi connectivity index (χ3v) is 1.42. The summed E-state index contributed by atoms with van der Waals surface area (Å²) < 4.78 is 0.709. The van der Waals surface area contributed by atoms with Crippen LogP contribution in [0.3, 0.4) is 0 Å². The molecule has 0 saturated heterocycles. The topological polar surface area (TPSA) is 49.4 Å². The number of carbonyl (C=O) groups excluding carboxylic acids is 2. The Morgan fingerprint density at radius 2 is 2.30 bits per heavy atom. The Kier molecular flexibility index (Phi) is 4.06. The van der Waals surface area contributed by atoms with Gasteiger partial charge in [-0.25, -0.2) is 4.31 Å². The fourth-order valence-corrected chi connectivity index (χ4v) is 0.547. The lowest BCUT2D eigenvalue weighted by atomic mass is 10.3. The molecule has 58 valence electrons. The number of nitrogens with zero attached hydrogens (tertiary/aromatic N) is 1. The number of hydrogen-bond acceptors (Lipinski definition) is 4. The summed E-state index contributed by atoms with van der Waals surface area (Å²) in [7, 11) is 1.63. The van der Waals surface area contributed by atoms with E-state index in [-0.39, 0.29) is 11.9 Å². The van der Waals surface area contributed by atoms with Gasteiger partial charge in [-0.2, -0.15) is 0 Å². The second-order valence-electron chi connectivity index (χ2n) is 1.80. The molecule has 10 heavy (non-hydrogen) atoms. The number of hydrogen-bond donors (Lipinski definition) is 2. The number of nitrogens with one attached hydrogen (secondary N) is 1. The first kappa shape index (κ1) is 9.45. The maximum Gasteiger partial charge on any atom is 0.255 e. The minimum atomic E-state index is -0.373. The summed E-state index contributed by atoms with van der Waals surface area (Å²) in [5, 5.41) is 2.68. The van der Waals surface area contributed by atoms with Gasteiger partial charge in [0.25, 0.3) is 5.91 Å². The van der Waals surface area contributed by atoms with Gasteiger partial charge in [0.1, 0.15) is 0 Å². The number of likely N-dealkylation sites (N-methyl/N-ethyl adjacent to an activating group) is 1. The van der Waals surface area contributed by atoms with Crippen LogP contribution in [0.2, 0.25) is 0 Å². The number of amides is 2. The molecule has 2 amide bonds. The van der Waals surface area contributed by atoms with Crippen molar-refractivity contribution >= 4 is 25.1 Å². The highest BCUT2D eigenvalue weighted by molar-refractivity contribution is 7.78. The van der Waals surface area contributed by atoms with E-state index in [2.05, 4.69) is 18.1 Å². The molecule has 4 nitrogen and oxygen atoms in total. The molecule has 0 bridgehead atoms. The standard InChI is InChI=1S/C5H10N2O2S/c1-4(6-2)5(9)7(10)3-8/h3-4,6,10H,1-2H3. The van der Waals surface area contributed by atoms with Crippen molar-refractivity contribution in [3.63, 3.8) is 0 Å². The fraction of sp³-hybridized carbons (Fsp3) is 0.600. The molecule has 0 aliphatic heterocycles. The van der Waals surface area contributed by atoms with E-state index in [1.165, 1.54) is 0 Å². The van der Waals surface area contributed by atoms with Crippen LogP contribution in [0.15, 0.2) is 0 Å². The van der Waals surface area contributed by atoms with Gasteiger partial charge in [0.05, 0.1) is 6.04 Å². The Labute approximate surface area is 65.1 Å². The lowest BCUT2D eigenvalue weighted by Crippen LogP contribution is -2.38. The van der Waals surface area contributed by atoms with Crippen LogP contribution < -0.4 is 5.32 Å². The van der Waals surface area contributed by atoms with Gasteiger partial charge in [-0.15, -0.1) is 0 Å². The van der Waals surface area contributed by atoms with Crippen LogP contribution in [0.4, 0.5) is 0 Å². The van der Waals surface area contributed by atoms with Crippen molar-refractivity contribution < 1.29 is 9.59 Å². The number of carbonyl (C=O) groups is 2. The Hall–Kier alpha value is -0.550. The minimum absolute atomic E-state index is 0.360. The molecular formula is C5H10N2O2S. The van der Waals surface area contributed by atoms with Crippen molar-refractivity contribution in [2.45, 2.75) is 13.0 Å². The molecular weight excluding hydrogens is 152 g/mol. The summed E-state index contributed by atoms with van der Waals surface area (Å²) in [4.78, 5) is 20.8. The molecule has 0 aromatic rings. The lowest BCUT2D eigenvalue weighted by Gasteiger charge is -2.12. The largest absolute Gasteiger partial charge is 0.309 e. The summed E-state index contributed by atoms with van der Waals surface area (Å²) in [5.41, 5.74) is 0. The van der Waals surface area contributed by atoms with E-state index in [9.17, 15) is 9.59 Å². The highest BCUT2D eigenvalue weighted by Gasteiger charge is 2.14. The first-order valence-corrected chi connectivity index (χ1v) is 3.18. The van der Waals surface area contributed by atoms with E-state index in [4.69, 9.17) is 0 Å². The second kappa shape index (κ2) is 4.29. The van der Waals surface area contributed by atoms with Gasteiger partial charge >= 0.3 is 0 Å². The van der Waals surface area contributed by atoms with Crippen molar-refractivity contribution in [3.05, 3.63) is 0 Å². The van der Waals surface area contributed by atoms with Crippen molar-refractivity contribution in [3.8, 4) is 0 Å². The molecule has 0 aromatic carbocycles. The van der Waals surface area contributed by atoms with E-state index in [0.717, 1.165) is 0 Å². The van der Waals surface area contributed by atoms with Gasteiger partial charge in [0, 0.05) is 0 Å². The zero-order valence-corrected chi connectivity index (χ0v) is 6.76. The number of thiol groups is 1. The summed E-state index contributed by atoms with van der Waals surface area (Å²) in [6, 6.07) is -0.373. The van der Waals surface area contributed by atoms with Gasteiger partial charge < -0.3 is 5.32 Å². The normalized spacial score (nSPS) is 12.3. The highest BCUT2D eigenvalue weighted by atomic mass is 32.1. The maximum atomic E-state index is 10.9. The molecule has 0 fully saturated rings. The Balaban J connectivity index is 3.93. The van der Waals surface area contributed by atoms with Gasteiger partial charge in [0.2, 0.25) is 6.41 Å². The zero-order chi connectivity index (χ0) is 8.15. The Morgan fingerprint density at radius 1 is 1.80 bits per heavy atom.